The number of benzene rings is 2. The molecule has 1 aliphatic heterocycles. The van der Waals surface area contributed by atoms with E-state index in [0.717, 1.165) is 49.0 Å². The Hall–Kier alpha value is -3.81. The van der Waals surface area contributed by atoms with Crippen LogP contribution in [0.1, 0.15) is 81.1 Å². The van der Waals surface area contributed by atoms with Crippen LogP contribution in [0, 0.1) is 6.92 Å². The summed E-state index contributed by atoms with van der Waals surface area (Å²) in [6, 6.07) is 18.3. The molecule has 2 heterocycles. The number of nitrogens with zero attached hydrogens (tertiary/aromatic N) is 2. The summed E-state index contributed by atoms with van der Waals surface area (Å²) in [6.45, 7) is 8.96. The average Bonchev–Trinajstić information content (AvgIpc) is 3.68. The second kappa shape index (κ2) is 11.1. The van der Waals surface area contributed by atoms with E-state index in [0.29, 0.717) is 23.7 Å². The number of carbonyl (C=O) groups is 2. The van der Waals surface area contributed by atoms with Gasteiger partial charge in [-0.05, 0) is 76.6 Å². The maximum absolute atomic E-state index is 12.7. The van der Waals surface area contributed by atoms with Gasteiger partial charge in [-0.15, -0.1) is 0 Å². The highest BCUT2D eigenvalue weighted by molar-refractivity contribution is 5.87. The molecule has 2 aromatic carbocycles. The molecule has 1 saturated carbocycles. The summed E-state index contributed by atoms with van der Waals surface area (Å²) in [5.74, 6) is 0.706. The van der Waals surface area contributed by atoms with Crippen LogP contribution in [0.15, 0.2) is 59.1 Å². The molecule has 2 fully saturated rings. The predicted molar refractivity (Wildman–Crippen MR) is 149 cm³/mol. The lowest BCUT2D eigenvalue weighted by Crippen LogP contribution is -2.40. The maximum Gasteiger partial charge on any atom is 0.412 e. The summed E-state index contributed by atoms with van der Waals surface area (Å²) in [5, 5.41) is 7.04. The quantitative estimate of drug-likeness (QED) is 0.325. The molecule has 3 atom stereocenters. The van der Waals surface area contributed by atoms with Crippen molar-refractivity contribution in [1.29, 1.82) is 0 Å². The number of rotatable bonds is 8. The Kier molecular flexibility index (Phi) is 7.64. The van der Waals surface area contributed by atoms with Crippen molar-refractivity contribution >= 4 is 23.4 Å². The molecule has 39 heavy (non-hydrogen) atoms. The molecule has 3 aromatic rings. The number of hydrogen-bond donors (Lipinski definition) is 1. The third kappa shape index (κ3) is 5.51. The van der Waals surface area contributed by atoms with Crippen molar-refractivity contribution in [3.05, 3.63) is 77.2 Å². The first kappa shape index (κ1) is 26.8. The fourth-order valence-corrected chi connectivity index (χ4v) is 5.67. The van der Waals surface area contributed by atoms with Gasteiger partial charge in [0.05, 0.1) is 12.0 Å². The highest BCUT2D eigenvalue weighted by Crippen LogP contribution is 2.49. The highest BCUT2D eigenvalue weighted by atomic mass is 16.6. The molecular formula is C31H37N3O5. The fourth-order valence-electron chi connectivity index (χ4n) is 5.67. The second-order valence-electron chi connectivity index (χ2n) is 10.7. The number of aromatic nitrogens is 1. The number of amides is 1. The van der Waals surface area contributed by atoms with E-state index in [9.17, 15) is 9.59 Å². The molecule has 1 aromatic heterocycles. The summed E-state index contributed by atoms with van der Waals surface area (Å²) < 4.78 is 16.7. The average molecular weight is 532 g/mol. The first-order valence-electron chi connectivity index (χ1n) is 13.9. The van der Waals surface area contributed by atoms with E-state index in [1.165, 1.54) is 0 Å². The van der Waals surface area contributed by atoms with Crippen molar-refractivity contribution in [3.8, 4) is 0 Å². The minimum atomic E-state index is -0.527. The predicted octanol–water partition coefficient (Wildman–Crippen LogP) is 6.66. The highest BCUT2D eigenvalue weighted by Gasteiger charge is 2.52. The molecule has 206 valence electrons. The van der Waals surface area contributed by atoms with E-state index in [-0.39, 0.29) is 24.0 Å². The Balaban J connectivity index is 1.22. The van der Waals surface area contributed by atoms with E-state index >= 15 is 0 Å². The SMILES string of the molecule is CCOC(=O)C1(c2ccc(N3CCC(c4onc(C)c4NC(=O)O[C@H](C)c4ccccc4)CC3C)cc2)CC1. The van der Waals surface area contributed by atoms with Crippen molar-refractivity contribution in [2.45, 2.75) is 76.9 Å². The number of hydrogen-bond acceptors (Lipinski definition) is 7. The Bertz CT molecular complexity index is 1300. The summed E-state index contributed by atoms with van der Waals surface area (Å²) in [4.78, 5) is 27.6. The number of aryl methyl sites for hydroxylation is 1. The van der Waals surface area contributed by atoms with Crippen molar-refractivity contribution in [3.63, 3.8) is 0 Å². The molecule has 0 radical (unpaired) electrons. The third-order valence-electron chi connectivity index (χ3n) is 8.08. The molecule has 1 amide bonds. The molecule has 2 unspecified atom stereocenters. The fraction of sp³-hybridized carbons (Fsp3) is 0.452. The minimum Gasteiger partial charge on any atom is -0.465 e. The van der Waals surface area contributed by atoms with E-state index in [4.69, 9.17) is 14.0 Å². The Morgan fingerprint density at radius 2 is 1.87 bits per heavy atom. The van der Waals surface area contributed by atoms with Gasteiger partial charge in [-0.2, -0.15) is 0 Å². The van der Waals surface area contributed by atoms with Crippen LogP contribution >= 0.6 is 0 Å². The number of esters is 1. The Morgan fingerprint density at radius 3 is 2.51 bits per heavy atom. The van der Waals surface area contributed by atoms with E-state index in [1.807, 2.05) is 51.1 Å². The van der Waals surface area contributed by atoms with Gasteiger partial charge in [-0.3, -0.25) is 10.1 Å². The first-order valence-corrected chi connectivity index (χ1v) is 13.9. The van der Waals surface area contributed by atoms with E-state index in [2.05, 4.69) is 46.6 Å². The van der Waals surface area contributed by atoms with Gasteiger partial charge in [-0.1, -0.05) is 47.6 Å². The van der Waals surface area contributed by atoms with Crippen LogP contribution in [0.3, 0.4) is 0 Å². The van der Waals surface area contributed by atoms with Gasteiger partial charge in [0.2, 0.25) is 0 Å². The zero-order valence-corrected chi connectivity index (χ0v) is 23.1. The molecule has 1 saturated heterocycles. The van der Waals surface area contributed by atoms with Crippen molar-refractivity contribution < 1.29 is 23.6 Å². The maximum atomic E-state index is 12.7. The molecule has 1 aliphatic carbocycles. The zero-order valence-electron chi connectivity index (χ0n) is 23.1. The molecule has 1 N–H and O–H groups in total. The van der Waals surface area contributed by atoms with Crippen LogP contribution < -0.4 is 10.2 Å². The molecule has 2 aliphatic rings. The molecule has 0 bridgehead atoms. The topological polar surface area (TPSA) is 93.9 Å². The summed E-state index contributed by atoms with van der Waals surface area (Å²) in [5.41, 5.74) is 3.88. The van der Waals surface area contributed by atoms with Gasteiger partial charge >= 0.3 is 12.1 Å². The summed E-state index contributed by atoms with van der Waals surface area (Å²) in [6.07, 6.45) is 2.50. The second-order valence-corrected chi connectivity index (χ2v) is 10.7. The van der Waals surface area contributed by atoms with Crippen LogP contribution in [0.4, 0.5) is 16.2 Å². The smallest absolute Gasteiger partial charge is 0.412 e. The van der Waals surface area contributed by atoms with Crippen molar-refractivity contribution in [2.75, 3.05) is 23.4 Å². The van der Waals surface area contributed by atoms with Gasteiger partial charge in [0.25, 0.3) is 0 Å². The van der Waals surface area contributed by atoms with Gasteiger partial charge in [0.15, 0.2) is 5.76 Å². The molecule has 8 nitrogen and oxygen atoms in total. The number of ether oxygens (including phenoxy) is 2. The molecule has 8 heteroatoms. The Morgan fingerprint density at radius 1 is 1.15 bits per heavy atom. The van der Waals surface area contributed by atoms with Gasteiger partial charge < -0.3 is 18.9 Å². The van der Waals surface area contributed by atoms with Crippen LogP contribution in [0.2, 0.25) is 0 Å². The molecule has 0 spiro atoms. The van der Waals surface area contributed by atoms with Crippen molar-refractivity contribution in [2.24, 2.45) is 0 Å². The molecular weight excluding hydrogens is 494 g/mol. The lowest BCUT2D eigenvalue weighted by atomic mass is 9.88. The number of piperidine rings is 1. The standard InChI is InChI=1S/C31H37N3O5/c1-5-37-29(35)31(16-17-31)25-11-13-26(14-12-25)34-18-15-24(19-20(34)2)28-27(21(3)33-39-28)32-30(36)38-22(4)23-9-7-6-8-10-23/h6-14,20,22,24H,5,15-19H2,1-4H3,(H,32,36)/t20?,22-,24?/m1/s1. The largest absolute Gasteiger partial charge is 0.465 e. The van der Waals surface area contributed by atoms with Gasteiger partial charge in [0, 0.05) is 24.2 Å². The normalized spacial score (nSPS) is 20.7. The lowest BCUT2D eigenvalue weighted by Gasteiger charge is -2.39. The number of carbonyl (C=O) groups excluding carboxylic acids is 2. The molecule has 5 rings (SSSR count). The summed E-state index contributed by atoms with van der Waals surface area (Å²) in [7, 11) is 0. The van der Waals surface area contributed by atoms with Crippen LogP contribution in [0.5, 0.6) is 0 Å². The number of anilines is 2. The summed E-state index contributed by atoms with van der Waals surface area (Å²) >= 11 is 0. The lowest BCUT2D eigenvalue weighted by molar-refractivity contribution is -0.146. The monoisotopic (exact) mass is 531 g/mol. The van der Waals surface area contributed by atoms with Crippen LogP contribution in [-0.2, 0) is 19.7 Å². The first-order chi connectivity index (χ1) is 18.8. The van der Waals surface area contributed by atoms with Gasteiger partial charge in [-0.25, -0.2) is 4.79 Å². The Labute approximate surface area is 229 Å². The minimum absolute atomic E-state index is 0.114. The van der Waals surface area contributed by atoms with Gasteiger partial charge in [0.1, 0.15) is 17.5 Å². The van der Waals surface area contributed by atoms with Crippen molar-refractivity contribution in [1.82, 2.24) is 5.16 Å². The van der Waals surface area contributed by atoms with Crippen LogP contribution in [-0.4, -0.2) is 36.4 Å². The van der Waals surface area contributed by atoms with E-state index in [1.54, 1.807) is 0 Å². The number of nitrogens with one attached hydrogen (secondary N) is 1. The van der Waals surface area contributed by atoms with Crippen LogP contribution in [0.25, 0.3) is 0 Å². The van der Waals surface area contributed by atoms with E-state index < -0.39 is 11.5 Å². The zero-order chi connectivity index (χ0) is 27.6. The third-order valence-corrected chi connectivity index (χ3v) is 8.08.